The molecule has 17 heavy (non-hydrogen) atoms. The van der Waals surface area contributed by atoms with Crippen molar-refractivity contribution >= 4 is 11.3 Å². The number of aliphatic hydroxyl groups is 1. The van der Waals surface area contributed by atoms with E-state index >= 15 is 0 Å². The molecule has 0 spiro atoms. The highest BCUT2D eigenvalue weighted by Gasteiger charge is 2.25. The van der Waals surface area contributed by atoms with Gasteiger partial charge in [-0.25, -0.2) is 4.98 Å². The summed E-state index contributed by atoms with van der Waals surface area (Å²) < 4.78 is 0. The number of thiazole rings is 1. The average Bonchev–Trinajstić information content (AvgIpc) is 2.86. The summed E-state index contributed by atoms with van der Waals surface area (Å²) in [5.74, 6) is 0. The monoisotopic (exact) mass is 254 g/mol. The van der Waals surface area contributed by atoms with Crippen LogP contribution in [0.4, 0.5) is 0 Å². The highest BCUT2D eigenvalue weighted by molar-refractivity contribution is 7.09. The van der Waals surface area contributed by atoms with Crippen LogP contribution in [0.2, 0.25) is 0 Å². The Balaban J connectivity index is 2.02. The summed E-state index contributed by atoms with van der Waals surface area (Å²) in [6, 6.07) is 0.344. The molecule has 1 aromatic rings. The van der Waals surface area contributed by atoms with Crippen LogP contribution in [0.1, 0.15) is 44.3 Å². The quantitative estimate of drug-likeness (QED) is 0.900. The van der Waals surface area contributed by atoms with E-state index in [1.807, 2.05) is 0 Å². The van der Waals surface area contributed by atoms with Gasteiger partial charge in [-0.2, -0.15) is 0 Å². The Labute approximate surface area is 107 Å². The van der Waals surface area contributed by atoms with Gasteiger partial charge in [0.05, 0.1) is 18.8 Å². The first-order valence-electron chi connectivity index (χ1n) is 6.30. The minimum atomic E-state index is 0.135. The molecule has 0 bridgehead atoms. The number of aliphatic hydroxyl groups excluding tert-OH is 1. The molecule has 1 fully saturated rings. The van der Waals surface area contributed by atoms with Crippen LogP contribution in [-0.2, 0) is 12.0 Å². The first kappa shape index (κ1) is 13.0. The fourth-order valence-electron chi connectivity index (χ4n) is 2.21. The SMILES string of the molecule is CC(C)(C)c1csc(CN2CCC[C@H]2CO)n1. The van der Waals surface area contributed by atoms with Crippen molar-refractivity contribution in [2.24, 2.45) is 0 Å². The molecule has 1 aromatic heterocycles. The first-order valence-corrected chi connectivity index (χ1v) is 7.18. The van der Waals surface area contributed by atoms with E-state index in [4.69, 9.17) is 4.98 Å². The van der Waals surface area contributed by atoms with Gasteiger partial charge in [0.15, 0.2) is 0 Å². The predicted molar refractivity (Wildman–Crippen MR) is 71.3 cm³/mol. The molecule has 1 atom stereocenters. The van der Waals surface area contributed by atoms with E-state index in [2.05, 4.69) is 31.1 Å². The lowest BCUT2D eigenvalue weighted by Crippen LogP contribution is -2.31. The van der Waals surface area contributed by atoms with Gasteiger partial charge in [0, 0.05) is 16.8 Å². The third-order valence-electron chi connectivity index (χ3n) is 3.37. The molecule has 96 valence electrons. The molecule has 3 nitrogen and oxygen atoms in total. The zero-order chi connectivity index (χ0) is 12.5. The van der Waals surface area contributed by atoms with E-state index in [0.29, 0.717) is 6.04 Å². The Bertz CT molecular complexity index is 370. The van der Waals surface area contributed by atoms with E-state index < -0.39 is 0 Å². The highest BCUT2D eigenvalue weighted by Crippen LogP contribution is 2.26. The number of likely N-dealkylation sites (tertiary alicyclic amines) is 1. The van der Waals surface area contributed by atoms with Gasteiger partial charge >= 0.3 is 0 Å². The van der Waals surface area contributed by atoms with Gasteiger partial charge in [-0.1, -0.05) is 20.8 Å². The van der Waals surface area contributed by atoms with Crippen LogP contribution < -0.4 is 0 Å². The lowest BCUT2D eigenvalue weighted by Gasteiger charge is -2.21. The Morgan fingerprint density at radius 3 is 2.88 bits per heavy atom. The van der Waals surface area contributed by atoms with Crippen LogP contribution in [0.15, 0.2) is 5.38 Å². The van der Waals surface area contributed by atoms with E-state index in [9.17, 15) is 5.11 Å². The molecule has 0 amide bonds. The van der Waals surface area contributed by atoms with Crippen LogP contribution in [-0.4, -0.2) is 34.2 Å². The Morgan fingerprint density at radius 2 is 2.29 bits per heavy atom. The normalized spacial score (nSPS) is 22.2. The van der Waals surface area contributed by atoms with Gasteiger partial charge in [-0.15, -0.1) is 11.3 Å². The maximum Gasteiger partial charge on any atom is 0.107 e. The zero-order valence-corrected chi connectivity index (χ0v) is 11.8. The van der Waals surface area contributed by atoms with Gasteiger partial charge < -0.3 is 5.11 Å². The summed E-state index contributed by atoms with van der Waals surface area (Å²) in [6.07, 6.45) is 2.32. The molecule has 1 N–H and O–H groups in total. The van der Waals surface area contributed by atoms with Gasteiger partial charge in [0.1, 0.15) is 5.01 Å². The number of hydrogen-bond donors (Lipinski definition) is 1. The third-order valence-corrected chi connectivity index (χ3v) is 4.20. The highest BCUT2D eigenvalue weighted by atomic mass is 32.1. The fourth-order valence-corrected chi connectivity index (χ4v) is 3.26. The molecular formula is C13H22N2OS. The molecule has 1 aliphatic rings. The first-order chi connectivity index (χ1) is 8.00. The van der Waals surface area contributed by atoms with Crippen LogP contribution in [0.25, 0.3) is 0 Å². The molecule has 4 heteroatoms. The number of aromatic nitrogens is 1. The topological polar surface area (TPSA) is 36.4 Å². The molecule has 0 aliphatic carbocycles. The van der Waals surface area contributed by atoms with E-state index in [0.717, 1.165) is 19.5 Å². The third kappa shape index (κ3) is 3.06. The summed E-state index contributed by atoms with van der Waals surface area (Å²) in [5, 5.41) is 12.6. The molecular weight excluding hydrogens is 232 g/mol. The lowest BCUT2D eigenvalue weighted by atomic mass is 9.93. The largest absolute Gasteiger partial charge is 0.395 e. The van der Waals surface area contributed by atoms with Crippen molar-refractivity contribution in [1.29, 1.82) is 0 Å². The summed E-state index contributed by atoms with van der Waals surface area (Å²) in [6.45, 7) is 8.84. The zero-order valence-electron chi connectivity index (χ0n) is 10.9. The lowest BCUT2D eigenvalue weighted by molar-refractivity contribution is 0.153. The number of rotatable bonds is 3. The smallest absolute Gasteiger partial charge is 0.107 e. The van der Waals surface area contributed by atoms with Crippen LogP contribution in [0.3, 0.4) is 0 Å². The van der Waals surface area contributed by atoms with Crippen LogP contribution in [0, 0.1) is 0 Å². The van der Waals surface area contributed by atoms with Crippen molar-refractivity contribution in [2.75, 3.05) is 13.2 Å². The molecule has 0 saturated carbocycles. The van der Waals surface area contributed by atoms with Crippen LogP contribution >= 0.6 is 11.3 Å². The molecule has 2 rings (SSSR count). The standard InChI is InChI=1S/C13H22N2OS/c1-13(2,3)11-9-17-12(14-11)7-15-6-4-5-10(15)8-16/h9-10,16H,4-8H2,1-3H3/t10-/m0/s1. The Kier molecular flexibility index (Phi) is 3.85. The molecule has 0 aromatic carbocycles. The maximum atomic E-state index is 9.29. The predicted octanol–water partition coefficient (Wildman–Crippen LogP) is 2.40. The molecule has 0 unspecified atom stereocenters. The van der Waals surface area contributed by atoms with Gasteiger partial charge in [-0.05, 0) is 19.4 Å². The number of nitrogens with zero attached hydrogens (tertiary/aromatic N) is 2. The summed E-state index contributed by atoms with van der Waals surface area (Å²) in [5.41, 5.74) is 1.31. The van der Waals surface area contributed by atoms with Crippen molar-refractivity contribution in [2.45, 2.75) is 51.6 Å². The molecule has 1 aliphatic heterocycles. The van der Waals surface area contributed by atoms with Crippen molar-refractivity contribution in [3.05, 3.63) is 16.1 Å². The van der Waals surface area contributed by atoms with Crippen molar-refractivity contribution in [3.8, 4) is 0 Å². The second-order valence-corrected chi connectivity index (χ2v) is 6.77. The van der Waals surface area contributed by atoms with E-state index in [1.54, 1.807) is 11.3 Å². The molecule has 0 radical (unpaired) electrons. The average molecular weight is 254 g/mol. The van der Waals surface area contributed by atoms with Gasteiger partial charge in [0.2, 0.25) is 0 Å². The summed E-state index contributed by atoms with van der Waals surface area (Å²) in [7, 11) is 0. The minimum absolute atomic E-state index is 0.135. The Hall–Kier alpha value is -0.450. The van der Waals surface area contributed by atoms with Crippen molar-refractivity contribution in [3.63, 3.8) is 0 Å². The second kappa shape index (κ2) is 5.04. The Morgan fingerprint density at radius 1 is 1.53 bits per heavy atom. The van der Waals surface area contributed by atoms with Crippen molar-refractivity contribution < 1.29 is 5.11 Å². The minimum Gasteiger partial charge on any atom is -0.395 e. The second-order valence-electron chi connectivity index (χ2n) is 5.83. The maximum absolute atomic E-state index is 9.29. The van der Waals surface area contributed by atoms with E-state index in [1.165, 1.54) is 17.1 Å². The van der Waals surface area contributed by atoms with Crippen LogP contribution in [0.5, 0.6) is 0 Å². The fraction of sp³-hybridized carbons (Fsp3) is 0.769. The molecule has 1 saturated heterocycles. The van der Waals surface area contributed by atoms with Gasteiger partial charge in [0.25, 0.3) is 0 Å². The van der Waals surface area contributed by atoms with Crippen molar-refractivity contribution in [1.82, 2.24) is 9.88 Å². The summed E-state index contributed by atoms with van der Waals surface area (Å²) in [4.78, 5) is 7.06. The van der Waals surface area contributed by atoms with Gasteiger partial charge in [-0.3, -0.25) is 4.90 Å². The summed E-state index contributed by atoms with van der Waals surface area (Å²) >= 11 is 1.74. The molecule has 2 heterocycles. The van der Waals surface area contributed by atoms with E-state index in [-0.39, 0.29) is 12.0 Å². The number of hydrogen-bond acceptors (Lipinski definition) is 4.